The fourth-order valence-corrected chi connectivity index (χ4v) is 2.21. The number of thioether (sulfide) groups is 1. The lowest BCUT2D eigenvalue weighted by Gasteiger charge is -2.29. The minimum absolute atomic E-state index is 0.0358. The first-order valence-corrected chi connectivity index (χ1v) is 5.37. The molecule has 80 valence electrons. The highest BCUT2D eigenvalue weighted by molar-refractivity contribution is 8.01. The number of hydrogen-bond donors (Lipinski definition) is 3. The molecule has 0 aromatic heterocycles. The molecule has 0 aromatic carbocycles. The molecule has 1 fully saturated rings. The van der Waals surface area contributed by atoms with Gasteiger partial charge in [0.25, 0.3) is 0 Å². The number of carbonyl (C=O) groups excluding carboxylic acids is 1. The van der Waals surface area contributed by atoms with Crippen molar-refractivity contribution in [3.63, 3.8) is 0 Å². The lowest BCUT2D eigenvalue weighted by molar-refractivity contribution is -0.136. The van der Waals surface area contributed by atoms with Crippen LogP contribution in [-0.2, 0) is 9.59 Å². The number of hydrogen-bond acceptors (Lipinski definition) is 4. The van der Waals surface area contributed by atoms with E-state index in [2.05, 4.69) is 10.6 Å². The monoisotopic (exact) mass is 218 g/mol. The molecule has 0 spiro atoms. The van der Waals surface area contributed by atoms with Gasteiger partial charge in [-0.2, -0.15) is 0 Å². The maximum absolute atomic E-state index is 11.1. The molecule has 1 aliphatic heterocycles. The summed E-state index contributed by atoms with van der Waals surface area (Å²) < 4.78 is 0. The van der Waals surface area contributed by atoms with Gasteiger partial charge in [-0.05, 0) is 13.8 Å². The van der Waals surface area contributed by atoms with Crippen molar-refractivity contribution in [1.29, 1.82) is 0 Å². The SMILES string of the molecule is CC1CC(=O)NC(SC(C)C(=O)O)N1. The normalized spacial score (nSPS) is 29.4. The summed E-state index contributed by atoms with van der Waals surface area (Å²) in [6.45, 7) is 3.50. The number of carboxylic acids is 1. The Morgan fingerprint density at radius 1 is 1.71 bits per heavy atom. The van der Waals surface area contributed by atoms with Crippen LogP contribution < -0.4 is 10.6 Å². The van der Waals surface area contributed by atoms with Gasteiger partial charge in [-0.15, -0.1) is 11.8 Å². The fraction of sp³-hybridized carbons (Fsp3) is 0.750. The molecular formula is C8H14N2O3S. The first-order valence-electron chi connectivity index (χ1n) is 4.42. The van der Waals surface area contributed by atoms with Gasteiger partial charge in [0.2, 0.25) is 5.91 Å². The molecule has 5 nitrogen and oxygen atoms in total. The van der Waals surface area contributed by atoms with Gasteiger partial charge in [0, 0.05) is 12.5 Å². The Morgan fingerprint density at radius 3 is 2.86 bits per heavy atom. The van der Waals surface area contributed by atoms with E-state index in [4.69, 9.17) is 5.11 Å². The van der Waals surface area contributed by atoms with E-state index in [9.17, 15) is 9.59 Å². The molecule has 14 heavy (non-hydrogen) atoms. The highest BCUT2D eigenvalue weighted by Gasteiger charge is 2.26. The Hall–Kier alpha value is -0.750. The molecule has 3 atom stereocenters. The van der Waals surface area contributed by atoms with Gasteiger partial charge in [0.05, 0.1) is 0 Å². The molecule has 1 amide bonds. The zero-order valence-corrected chi connectivity index (χ0v) is 8.93. The van der Waals surface area contributed by atoms with Gasteiger partial charge < -0.3 is 10.4 Å². The fourth-order valence-electron chi connectivity index (χ4n) is 1.18. The molecule has 1 heterocycles. The van der Waals surface area contributed by atoms with E-state index in [0.717, 1.165) is 0 Å². The zero-order chi connectivity index (χ0) is 10.7. The Balaban J connectivity index is 2.44. The number of amides is 1. The summed E-state index contributed by atoms with van der Waals surface area (Å²) in [4.78, 5) is 21.7. The summed E-state index contributed by atoms with van der Waals surface area (Å²) in [6.07, 6.45) is 0.443. The molecule has 0 aromatic rings. The van der Waals surface area contributed by atoms with Crippen molar-refractivity contribution < 1.29 is 14.7 Å². The van der Waals surface area contributed by atoms with Crippen LogP contribution in [0.3, 0.4) is 0 Å². The Kier molecular flexibility index (Phi) is 3.77. The van der Waals surface area contributed by atoms with Gasteiger partial charge >= 0.3 is 5.97 Å². The summed E-state index contributed by atoms with van der Waals surface area (Å²) in [7, 11) is 0. The topological polar surface area (TPSA) is 78.4 Å². The van der Waals surface area contributed by atoms with E-state index < -0.39 is 11.2 Å². The van der Waals surface area contributed by atoms with E-state index in [0.29, 0.717) is 6.42 Å². The van der Waals surface area contributed by atoms with Crippen molar-refractivity contribution >= 4 is 23.6 Å². The van der Waals surface area contributed by atoms with Crippen LogP contribution in [0.5, 0.6) is 0 Å². The van der Waals surface area contributed by atoms with Crippen LogP contribution in [0, 0.1) is 0 Å². The van der Waals surface area contributed by atoms with Crippen LogP contribution in [0.1, 0.15) is 20.3 Å². The number of rotatable bonds is 3. The lowest BCUT2D eigenvalue weighted by Crippen LogP contribution is -2.54. The van der Waals surface area contributed by atoms with Crippen molar-refractivity contribution in [3.8, 4) is 0 Å². The van der Waals surface area contributed by atoms with Crippen LogP contribution in [-0.4, -0.2) is 33.8 Å². The molecule has 6 heteroatoms. The summed E-state index contributed by atoms with van der Waals surface area (Å²) >= 11 is 1.19. The second kappa shape index (κ2) is 4.65. The van der Waals surface area contributed by atoms with Gasteiger partial charge in [-0.25, -0.2) is 0 Å². The highest BCUT2D eigenvalue weighted by atomic mass is 32.2. The van der Waals surface area contributed by atoms with E-state index in [1.54, 1.807) is 6.92 Å². The first-order chi connectivity index (χ1) is 6.49. The van der Waals surface area contributed by atoms with Gasteiger partial charge in [-0.1, -0.05) is 0 Å². The molecule has 1 aliphatic rings. The largest absolute Gasteiger partial charge is 0.480 e. The average molecular weight is 218 g/mol. The number of carbonyl (C=O) groups is 2. The summed E-state index contributed by atoms with van der Waals surface area (Å²) in [5.74, 6) is -0.907. The molecule has 1 saturated heterocycles. The molecule has 0 radical (unpaired) electrons. The van der Waals surface area contributed by atoms with Gasteiger partial charge in [0.1, 0.15) is 10.7 Å². The third-order valence-corrected chi connectivity index (χ3v) is 3.04. The average Bonchev–Trinajstić information content (AvgIpc) is 2.01. The Bertz CT molecular complexity index is 247. The number of carboxylic acid groups (broad SMARTS) is 1. The summed E-state index contributed by atoms with van der Waals surface area (Å²) in [5.41, 5.74) is -0.294. The van der Waals surface area contributed by atoms with E-state index >= 15 is 0 Å². The third-order valence-electron chi connectivity index (χ3n) is 1.91. The van der Waals surface area contributed by atoms with Crippen LogP contribution in [0.4, 0.5) is 0 Å². The summed E-state index contributed by atoms with van der Waals surface area (Å²) in [6, 6.07) is 0.0993. The molecule has 1 rings (SSSR count). The minimum Gasteiger partial charge on any atom is -0.480 e. The number of nitrogens with one attached hydrogen (secondary N) is 2. The van der Waals surface area contributed by atoms with E-state index in [-0.39, 0.29) is 17.4 Å². The predicted molar refractivity (Wildman–Crippen MR) is 53.8 cm³/mol. The van der Waals surface area contributed by atoms with Crippen LogP contribution >= 0.6 is 11.8 Å². The van der Waals surface area contributed by atoms with E-state index in [1.807, 2.05) is 6.92 Å². The lowest BCUT2D eigenvalue weighted by atomic mass is 10.2. The molecule has 3 unspecified atom stereocenters. The maximum atomic E-state index is 11.1. The quantitative estimate of drug-likeness (QED) is 0.620. The smallest absolute Gasteiger partial charge is 0.316 e. The minimum atomic E-state index is -0.871. The first kappa shape index (κ1) is 11.3. The predicted octanol–water partition coefficient (Wildman–Crippen LogP) is -0.0257. The van der Waals surface area contributed by atoms with Gasteiger partial charge in [-0.3, -0.25) is 14.9 Å². The zero-order valence-electron chi connectivity index (χ0n) is 8.11. The van der Waals surface area contributed by atoms with Crippen LogP contribution in [0.2, 0.25) is 0 Å². The van der Waals surface area contributed by atoms with Crippen molar-refractivity contribution in [2.24, 2.45) is 0 Å². The second-order valence-electron chi connectivity index (χ2n) is 3.34. The highest BCUT2D eigenvalue weighted by Crippen LogP contribution is 2.17. The van der Waals surface area contributed by atoms with Crippen LogP contribution in [0.25, 0.3) is 0 Å². The molecule has 0 saturated carbocycles. The number of aliphatic carboxylic acids is 1. The summed E-state index contributed by atoms with van der Waals surface area (Å²) in [5, 5.41) is 13.9. The van der Waals surface area contributed by atoms with Crippen molar-refractivity contribution in [3.05, 3.63) is 0 Å². The Labute approximate surface area is 86.6 Å². The molecular weight excluding hydrogens is 204 g/mol. The van der Waals surface area contributed by atoms with E-state index in [1.165, 1.54) is 11.8 Å². The van der Waals surface area contributed by atoms with Crippen LogP contribution in [0.15, 0.2) is 0 Å². The van der Waals surface area contributed by atoms with Gasteiger partial charge in [0.15, 0.2) is 0 Å². The molecule has 0 aliphatic carbocycles. The maximum Gasteiger partial charge on any atom is 0.316 e. The Morgan fingerprint density at radius 2 is 2.36 bits per heavy atom. The molecule has 3 N–H and O–H groups in total. The van der Waals surface area contributed by atoms with Crippen molar-refractivity contribution in [2.75, 3.05) is 0 Å². The van der Waals surface area contributed by atoms with Crippen molar-refractivity contribution in [2.45, 2.75) is 37.1 Å². The molecule has 0 bridgehead atoms. The van der Waals surface area contributed by atoms with Crippen molar-refractivity contribution in [1.82, 2.24) is 10.6 Å². The third kappa shape index (κ3) is 3.19. The standard InChI is InChI=1S/C8H14N2O3S/c1-4-3-6(11)10-8(9-4)14-5(2)7(12)13/h4-5,8-9H,3H2,1-2H3,(H,10,11)(H,12,13). The second-order valence-corrected chi connectivity index (χ2v) is 4.79.